The molecule has 0 unspecified atom stereocenters. The van der Waals surface area contributed by atoms with Crippen LogP contribution in [0.2, 0.25) is 0 Å². The number of aromatic nitrogens is 2. The fourth-order valence-electron chi connectivity index (χ4n) is 2.83. The third-order valence-electron chi connectivity index (χ3n) is 3.97. The minimum absolute atomic E-state index is 0.386. The highest BCUT2D eigenvalue weighted by atomic mass is 79.9. The molecule has 0 saturated carbocycles. The summed E-state index contributed by atoms with van der Waals surface area (Å²) in [5.74, 6) is 0. The van der Waals surface area contributed by atoms with Gasteiger partial charge < -0.3 is 4.90 Å². The maximum absolute atomic E-state index is 6.13. The van der Waals surface area contributed by atoms with Gasteiger partial charge in [0.1, 0.15) is 4.60 Å². The summed E-state index contributed by atoms with van der Waals surface area (Å²) in [6.07, 6.45) is 3.38. The SMILES string of the molecule is ClC1CCN(CCCn2nc(Br)c3ccccc32)CC1. The van der Waals surface area contributed by atoms with Crippen molar-refractivity contribution < 1.29 is 0 Å². The van der Waals surface area contributed by atoms with Gasteiger partial charge in [-0.15, -0.1) is 11.6 Å². The first-order chi connectivity index (χ1) is 9.74. The minimum atomic E-state index is 0.386. The highest BCUT2D eigenvalue weighted by molar-refractivity contribution is 9.10. The van der Waals surface area contributed by atoms with Gasteiger partial charge in [-0.1, -0.05) is 18.2 Å². The molecule has 1 saturated heterocycles. The molecule has 0 amide bonds. The number of halogens is 2. The van der Waals surface area contributed by atoms with Crippen molar-refractivity contribution in [3.63, 3.8) is 0 Å². The quantitative estimate of drug-likeness (QED) is 0.775. The fraction of sp³-hybridized carbons (Fsp3) is 0.533. The Morgan fingerprint density at radius 1 is 1.20 bits per heavy atom. The second kappa shape index (κ2) is 6.46. The Hall–Kier alpha value is -0.580. The molecular formula is C15H19BrClN3. The average Bonchev–Trinajstić information content (AvgIpc) is 2.79. The molecule has 5 heteroatoms. The lowest BCUT2D eigenvalue weighted by molar-refractivity contribution is 0.224. The molecule has 2 aromatic rings. The van der Waals surface area contributed by atoms with Crippen molar-refractivity contribution in [2.75, 3.05) is 19.6 Å². The number of para-hydroxylation sites is 1. The summed E-state index contributed by atoms with van der Waals surface area (Å²) in [5.41, 5.74) is 1.21. The number of aryl methyl sites for hydroxylation is 1. The smallest absolute Gasteiger partial charge is 0.135 e. The summed E-state index contributed by atoms with van der Waals surface area (Å²) in [6, 6.07) is 8.36. The number of hydrogen-bond acceptors (Lipinski definition) is 2. The van der Waals surface area contributed by atoms with Crippen molar-refractivity contribution in [3.8, 4) is 0 Å². The maximum atomic E-state index is 6.13. The molecule has 1 aromatic heterocycles. The third kappa shape index (κ3) is 3.18. The van der Waals surface area contributed by atoms with Crippen molar-refractivity contribution in [3.05, 3.63) is 28.9 Å². The molecule has 1 fully saturated rings. The molecule has 0 spiro atoms. The van der Waals surface area contributed by atoms with Gasteiger partial charge in [0.05, 0.1) is 5.52 Å². The van der Waals surface area contributed by atoms with E-state index in [2.05, 4.69) is 54.9 Å². The highest BCUT2D eigenvalue weighted by Gasteiger charge is 2.16. The van der Waals surface area contributed by atoms with Gasteiger partial charge in [-0.05, 0) is 60.9 Å². The Labute approximate surface area is 133 Å². The van der Waals surface area contributed by atoms with Crippen LogP contribution in [-0.4, -0.2) is 39.7 Å². The highest BCUT2D eigenvalue weighted by Crippen LogP contribution is 2.23. The van der Waals surface area contributed by atoms with Gasteiger partial charge in [-0.25, -0.2) is 0 Å². The van der Waals surface area contributed by atoms with Gasteiger partial charge in [0.25, 0.3) is 0 Å². The number of nitrogens with zero attached hydrogens (tertiary/aromatic N) is 3. The van der Waals surface area contributed by atoms with E-state index in [0.717, 1.165) is 50.0 Å². The van der Waals surface area contributed by atoms with Gasteiger partial charge in [-0.2, -0.15) is 5.10 Å². The van der Waals surface area contributed by atoms with Crippen molar-refractivity contribution in [1.29, 1.82) is 0 Å². The molecule has 0 aliphatic carbocycles. The number of benzene rings is 1. The normalized spacial score (nSPS) is 17.9. The van der Waals surface area contributed by atoms with Gasteiger partial charge in [0.15, 0.2) is 0 Å². The van der Waals surface area contributed by atoms with E-state index in [-0.39, 0.29) is 0 Å². The van der Waals surface area contributed by atoms with Crippen LogP contribution in [0.25, 0.3) is 10.9 Å². The van der Waals surface area contributed by atoms with Gasteiger partial charge >= 0.3 is 0 Å². The zero-order chi connectivity index (χ0) is 13.9. The van der Waals surface area contributed by atoms with Crippen LogP contribution in [-0.2, 0) is 6.54 Å². The number of piperidine rings is 1. The summed E-state index contributed by atoms with van der Waals surface area (Å²) in [7, 11) is 0. The Morgan fingerprint density at radius 3 is 2.75 bits per heavy atom. The molecule has 0 bridgehead atoms. The molecule has 1 aliphatic rings. The van der Waals surface area contributed by atoms with E-state index in [9.17, 15) is 0 Å². The van der Waals surface area contributed by atoms with Crippen LogP contribution >= 0.6 is 27.5 Å². The molecule has 108 valence electrons. The van der Waals surface area contributed by atoms with Crippen molar-refractivity contribution >= 4 is 38.4 Å². The van der Waals surface area contributed by atoms with Crippen molar-refractivity contribution in [1.82, 2.24) is 14.7 Å². The Kier molecular flexibility index (Phi) is 4.64. The molecule has 0 atom stereocenters. The summed E-state index contributed by atoms with van der Waals surface area (Å²) in [5, 5.41) is 6.15. The predicted molar refractivity (Wildman–Crippen MR) is 87.4 cm³/mol. The number of hydrogen-bond donors (Lipinski definition) is 0. The van der Waals surface area contributed by atoms with Crippen LogP contribution in [0.15, 0.2) is 28.9 Å². The zero-order valence-electron chi connectivity index (χ0n) is 11.4. The second-order valence-corrected chi connectivity index (χ2v) is 6.77. The van der Waals surface area contributed by atoms with Crippen LogP contribution in [0.4, 0.5) is 0 Å². The summed E-state index contributed by atoms with van der Waals surface area (Å²) in [4.78, 5) is 2.51. The van der Waals surface area contributed by atoms with Crippen molar-refractivity contribution in [2.24, 2.45) is 0 Å². The van der Waals surface area contributed by atoms with Crippen LogP contribution in [0, 0.1) is 0 Å². The molecule has 20 heavy (non-hydrogen) atoms. The lowest BCUT2D eigenvalue weighted by Crippen LogP contribution is -2.35. The lowest BCUT2D eigenvalue weighted by atomic mass is 10.1. The molecule has 3 rings (SSSR count). The maximum Gasteiger partial charge on any atom is 0.135 e. The molecule has 0 radical (unpaired) electrons. The fourth-order valence-corrected chi connectivity index (χ4v) is 3.55. The van der Waals surface area contributed by atoms with E-state index >= 15 is 0 Å². The Morgan fingerprint density at radius 2 is 1.95 bits per heavy atom. The largest absolute Gasteiger partial charge is 0.303 e. The van der Waals surface area contributed by atoms with E-state index in [1.807, 2.05) is 0 Å². The van der Waals surface area contributed by atoms with E-state index < -0.39 is 0 Å². The Bertz CT molecular complexity index is 576. The van der Waals surface area contributed by atoms with E-state index in [1.54, 1.807) is 0 Å². The second-order valence-electron chi connectivity index (χ2n) is 5.40. The first kappa shape index (κ1) is 14.4. The van der Waals surface area contributed by atoms with Gasteiger partial charge in [-0.3, -0.25) is 4.68 Å². The minimum Gasteiger partial charge on any atom is -0.303 e. The number of fused-ring (bicyclic) bond motifs is 1. The van der Waals surface area contributed by atoms with Crippen LogP contribution in [0.5, 0.6) is 0 Å². The molecule has 0 N–H and O–H groups in total. The average molecular weight is 357 g/mol. The summed E-state index contributed by atoms with van der Waals surface area (Å²) < 4.78 is 3.05. The zero-order valence-corrected chi connectivity index (χ0v) is 13.8. The number of rotatable bonds is 4. The number of likely N-dealkylation sites (tertiary alicyclic amines) is 1. The van der Waals surface area contributed by atoms with Gasteiger partial charge in [0, 0.05) is 17.3 Å². The van der Waals surface area contributed by atoms with E-state index in [0.29, 0.717) is 5.38 Å². The predicted octanol–water partition coefficient (Wildman–Crippen LogP) is 3.89. The van der Waals surface area contributed by atoms with Crippen molar-refractivity contribution in [2.45, 2.75) is 31.2 Å². The molecule has 2 heterocycles. The molecule has 3 nitrogen and oxygen atoms in total. The number of alkyl halides is 1. The van der Waals surface area contributed by atoms with Gasteiger partial charge in [0.2, 0.25) is 0 Å². The van der Waals surface area contributed by atoms with E-state index in [4.69, 9.17) is 11.6 Å². The van der Waals surface area contributed by atoms with Crippen LogP contribution in [0.1, 0.15) is 19.3 Å². The lowest BCUT2D eigenvalue weighted by Gasteiger charge is -2.29. The molecular weight excluding hydrogens is 338 g/mol. The van der Waals surface area contributed by atoms with Crippen LogP contribution < -0.4 is 0 Å². The first-order valence-electron chi connectivity index (χ1n) is 7.21. The van der Waals surface area contributed by atoms with Crippen LogP contribution in [0.3, 0.4) is 0 Å². The molecule has 1 aromatic carbocycles. The third-order valence-corrected chi connectivity index (χ3v) is 5.00. The van der Waals surface area contributed by atoms with E-state index in [1.165, 1.54) is 10.9 Å². The Balaban J connectivity index is 1.57. The first-order valence-corrected chi connectivity index (χ1v) is 8.44. The topological polar surface area (TPSA) is 21.1 Å². The molecule has 1 aliphatic heterocycles. The standard InChI is InChI=1S/C15H19BrClN3/c16-15-13-4-1-2-5-14(13)20(18-15)9-3-8-19-10-6-12(17)7-11-19/h1-2,4-5,12H,3,6-11H2. The monoisotopic (exact) mass is 355 g/mol. The summed E-state index contributed by atoms with van der Waals surface area (Å²) >= 11 is 9.67. The summed E-state index contributed by atoms with van der Waals surface area (Å²) in [6.45, 7) is 4.37.